The van der Waals surface area contributed by atoms with Crippen LogP contribution in [0.1, 0.15) is 11.1 Å². The van der Waals surface area contributed by atoms with Gasteiger partial charge in [-0.05, 0) is 46.2 Å². The Hall–Kier alpha value is 0.0600. The maximum atomic E-state index is 11.3. The minimum Gasteiger partial charge on any atom is -0.243 e. The molecule has 1 aromatic rings. The van der Waals surface area contributed by atoms with Crippen molar-refractivity contribution in [2.75, 3.05) is 12.8 Å². The van der Waals surface area contributed by atoms with Gasteiger partial charge in [-0.3, -0.25) is 0 Å². The lowest BCUT2D eigenvalue weighted by Gasteiger charge is -2.26. The molecule has 0 amide bonds. The van der Waals surface area contributed by atoms with E-state index < -0.39 is 11.0 Å². The van der Waals surface area contributed by atoms with Gasteiger partial charge < -0.3 is 0 Å². The van der Waals surface area contributed by atoms with E-state index in [1.54, 1.807) is 6.26 Å². The van der Waals surface area contributed by atoms with Crippen molar-refractivity contribution >= 4 is 33.6 Å². The van der Waals surface area contributed by atoms with Gasteiger partial charge in [-0.1, -0.05) is 12.1 Å². The summed E-state index contributed by atoms with van der Waals surface area (Å²) in [6, 6.07) is 6.34. The molecular formula is C10H12INOS. The summed E-state index contributed by atoms with van der Waals surface area (Å²) in [6.45, 7) is 1.74. The minimum atomic E-state index is -0.835. The number of rotatable bonds is 1. The summed E-state index contributed by atoms with van der Waals surface area (Å²) in [6.07, 6.45) is 2.77. The van der Waals surface area contributed by atoms with Crippen LogP contribution in [0.3, 0.4) is 0 Å². The molecule has 0 saturated heterocycles. The smallest absolute Gasteiger partial charge is 0.0913 e. The molecule has 2 nitrogen and oxygen atoms in total. The highest BCUT2D eigenvalue weighted by atomic mass is 127. The van der Waals surface area contributed by atoms with Crippen LogP contribution >= 0.6 is 22.6 Å². The molecule has 4 heteroatoms. The van der Waals surface area contributed by atoms with Crippen LogP contribution < -0.4 is 0 Å². The molecule has 2 rings (SSSR count). The molecule has 0 N–H and O–H groups in total. The lowest BCUT2D eigenvalue weighted by molar-refractivity contribution is 0.422. The van der Waals surface area contributed by atoms with Gasteiger partial charge in [-0.25, -0.2) is 8.51 Å². The van der Waals surface area contributed by atoms with E-state index in [0.717, 1.165) is 19.5 Å². The standard InChI is InChI=1S/C10H12INOS/c1-14(13)12-6-5-9-8(7-12)3-2-4-10(9)11/h2-4H,5-7H2,1H3. The first-order chi connectivity index (χ1) is 6.68. The average Bonchev–Trinajstić information content (AvgIpc) is 2.17. The van der Waals surface area contributed by atoms with E-state index in [2.05, 4.69) is 40.8 Å². The Morgan fingerprint density at radius 2 is 2.29 bits per heavy atom. The number of benzene rings is 1. The van der Waals surface area contributed by atoms with Crippen LogP contribution in [0.15, 0.2) is 18.2 Å². The van der Waals surface area contributed by atoms with Gasteiger partial charge in [-0.15, -0.1) is 0 Å². The first kappa shape index (κ1) is 10.6. The fraction of sp³-hybridized carbons (Fsp3) is 0.400. The highest BCUT2D eigenvalue weighted by Gasteiger charge is 2.19. The minimum absolute atomic E-state index is 0.829. The Bertz CT molecular complexity index is 380. The second-order valence-electron chi connectivity index (χ2n) is 3.41. The van der Waals surface area contributed by atoms with Crippen LogP contribution in [-0.2, 0) is 24.0 Å². The third kappa shape index (κ3) is 2.01. The predicted molar refractivity (Wildman–Crippen MR) is 67.3 cm³/mol. The predicted octanol–water partition coefficient (Wildman–Crippen LogP) is 1.94. The van der Waals surface area contributed by atoms with E-state index in [0.29, 0.717) is 0 Å². The van der Waals surface area contributed by atoms with Gasteiger partial charge in [0.1, 0.15) is 0 Å². The molecule has 1 aromatic carbocycles. The molecule has 14 heavy (non-hydrogen) atoms. The molecule has 0 aromatic heterocycles. The lowest BCUT2D eigenvalue weighted by atomic mass is 10.0. The van der Waals surface area contributed by atoms with Gasteiger partial charge in [0.25, 0.3) is 0 Å². The Balaban J connectivity index is 2.31. The van der Waals surface area contributed by atoms with Gasteiger partial charge in [0.05, 0.1) is 11.0 Å². The van der Waals surface area contributed by atoms with Crippen molar-refractivity contribution in [3.8, 4) is 0 Å². The quantitative estimate of drug-likeness (QED) is 0.724. The fourth-order valence-electron chi connectivity index (χ4n) is 1.76. The molecule has 0 bridgehead atoms. The van der Waals surface area contributed by atoms with Crippen molar-refractivity contribution in [3.63, 3.8) is 0 Å². The third-order valence-corrected chi connectivity index (χ3v) is 4.59. The zero-order chi connectivity index (χ0) is 10.1. The molecule has 1 aliphatic rings. The second kappa shape index (κ2) is 4.28. The van der Waals surface area contributed by atoms with Crippen LogP contribution in [0.4, 0.5) is 0 Å². The molecule has 0 radical (unpaired) electrons. The van der Waals surface area contributed by atoms with E-state index >= 15 is 0 Å². The highest BCUT2D eigenvalue weighted by molar-refractivity contribution is 14.1. The van der Waals surface area contributed by atoms with E-state index in [1.807, 2.05) is 4.31 Å². The number of hydrogen-bond acceptors (Lipinski definition) is 1. The molecule has 0 aliphatic carbocycles. The van der Waals surface area contributed by atoms with Crippen LogP contribution in [-0.4, -0.2) is 21.3 Å². The summed E-state index contributed by atoms with van der Waals surface area (Å²) in [5.41, 5.74) is 2.77. The zero-order valence-corrected chi connectivity index (χ0v) is 11.0. The third-order valence-electron chi connectivity index (χ3n) is 2.54. The van der Waals surface area contributed by atoms with Gasteiger partial charge in [-0.2, -0.15) is 0 Å². The van der Waals surface area contributed by atoms with Gasteiger partial charge in [0.15, 0.2) is 0 Å². The Labute approximate surface area is 100 Å². The number of fused-ring (bicyclic) bond motifs is 1. The second-order valence-corrected chi connectivity index (χ2v) is 5.94. The lowest BCUT2D eigenvalue weighted by Crippen LogP contribution is -2.31. The molecule has 1 aliphatic heterocycles. The summed E-state index contributed by atoms with van der Waals surface area (Å²) < 4.78 is 14.7. The molecular weight excluding hydrogens is 309 g/mol. The van der Waals surface area contributed by atoms with E-state index in [4.69, 9.17) is 0 Å². The molecule has 1 heterocycles. The molecule has 1 unspecified atom stereocenters. The van der Waals surface area contributed by atoms with Crippen molar-refractivity contribution in [2.24, 2.45) is 0 Å². The molecule has 76 valence electrons. The Morgan fingerprint density at radius 3 is 3.00 bits per heavy atom. The van der Waals surface area contributed by atoms with E-state index in [9.17, 15) is 4.21 Å². The number of nitrogens with zero attached hydrogens (tertiary/aromatic N) is 1. The number of hydrogen-bond donors (Lipinski definition) is 0. The molecule has 0 fully saturated rings. The average molecular weight is 321 g/mol. The van der Waals surface area contributed by atoms with E-state index in [-0.39, 0.29) is 0 Å². The van der Waals surface area contributed by atoms with Crippen molar-refractivity contribution < 1.29 is 4.21 Å². The van der Waals surface area contributed by atoms with Crippen LogP contribution in [0.2, 0.25) is 0 Å². The van der Waals surface area contributed by atoms with E-state index in [1.165, 1.54) is 14.7 Å². The van der Waals surface area contributed by atoms with Crippen molar-refractivity contribution in [3.05, 3.63) is 32.9 Å². The summed E-state index contributed by atoms with van der Waals surface area (Å²) in [4.78, 5) is 0. The SMILES string of the molecule is CS(=O)N1CCc2c(I)cccc2C1. The number of halogens is 1. The van der Waals surface area contributed by atoms with Crippen molar-refractivity contribution in [2.45, 2.75) is 13.0 Å². The van der Waals surface area contributed by atoms with Crippen LogP contribution in [0.25, 0.3) is 0 Å². The largest absolute Gasteiger partial charge is 0.243 e. The van der Waals surface area contributed by atoms with Gasteiger partial charge in [0, 0.05) is 22.9 Å². The zero-order valence-electron chi connectivity index (χ0n) is 8.00. The maximum absolute atomic E-state index is 11.3. The Morgan fingerprint density at radius 1 is 1.50 bits per heavy atom. The molecule has 0 saturated carbocycles. The topological polar surface area (TPSA) is 20.3 Å². The summed E-state index contributed by atoms with van der Waals surface area (Å²) in [5, 5.41) is 0. The monoisotopic (exact) mass is 321 g/mol. The fourth-order valence-corrected chi connectivity index (χ4v) is 3.25. The van der Waals surface area contributed by atoms with Crippen molar-refractivity contribution in [1.29, 1.82) is 0 Å². The first-order valence-corrected chi connectivity index (χ1v) is 7.12. The summed E-state index contributed by atoms with van der Waals surface area (Å²) in [7, 11) is -0.835. The van der Waals surface area contributed by atoms with Gasteiger partial charge in [0.2, 0.25) is 0 Å². The highest BCUT2D eigenvalue weighted by Crippen LogP contribution is 2.23. The van der Waals surface area contributed by atoms with Crippen LogP contribution in [0.5, 0.6) is 0 Å². The maximum Gasteiger partial charge on any atom is 0.0913 e. The first-order valence-electron chi connectivity index (χ1n) is 4.53. The van der Waals surface area contributed by atoms with Crippen molar-refractivity contribution in [1.82, 2.24) is 4.31 Å². The normalized spacial score (nSPS) is 19.0. The Kier molecular flexibility index (Phi) is 3.23. The molecule has 0 spiro atoms. The van der Waals surface area contributed by atoms with Crippen LogP contribution in [0, 0.1) is 3.57 Å². The summed E-state index contributed by atoms with van der Waals surface area (Å²) >= 11 is 2.37. The summed E-state index contributed by atoms with van der Waals surface area (Å²) in [5.74, 6) is 0. The van der Waals surface area contributed by atoms with Gasteiger partial charge >= 0.3 is 0 Å². The molecule has 1 atom stereocenters.